The third-order valence-corrected chi connectivity index (χ3v) is 3.38. The van der Waals surface area contributed by atoms with Gasteiger partial charge in [0.05, 0.1) is 4.34 Å². The highest BCUT2D eigenvalue weighted by molar-refractivity contribution is 7.16. The largest absolute Gasteiger partial charge is 0.323 e. The molecule has 74 valence electrons. The number of hydrogen-bond acceptors (Lipinski definition) is 2. The van der Waals surface area contributed by atoms with E-state index in [1.165, 1.54) is 11.3 Å². The second-order valence-corrected chi connectivity index (χ2v) is 5.47. The zero-order chi connectivity index (χ0) is 9.84. The van der Waals surface area contributed by atoms with Crippen LogP contribution in [-0.2, 0) is 0 Å². The summed E-state index contributed by atoms with van der Waals surface area (Å²) in [5, 5.41) is 0. The lowest BCUT2D eigenvalue weighted by Crippen LogP contribution is -2.09. The molecule has 13 heavy (non-hydrogen) atoms. The van der Waals surface area contributed by atoms with Crippen molar-refractivity contribution in [3.63, 3.8) is 0 Å². The molecule has 0 amide bonds. The highest BCUT2D eigenvalue weighted by Gasteiger charge is 2.08. The summed E-state index contributed by atoms with van der Waals surface area (Å²) in [6.45, 7) is 4.43. The van der Waals surface area contributed by atoms with E-state index in [4.69, 9.17) is 17.3 Å². The van der Waals surface area contributed by atoms with Gasteiger partial charge in [0.1, 0.15) is 0 Å². The van der Waals surface area contributed by atoms with E-state index in [0.717, 1.165) is 16.7 Å². The van der Waals surface area contributed by atoms with Crippen molar-refractivity contribution in [2.45, 2.75) is 32.7 Å². The monoisotopic (exact) mass is 217 g/mol. The van der Waals surface area contributed by atoms with Crippen LogP contribution in [0.5, 0.6) is 0 Å². The summed E-state index contributed by atoms with van der Waals surface area (Å²) in [5.74, 6) is 0.724. The summed E-state index contributed by atoms with van der Waals surface area (Å²) in [6, 6.07) is 4.11. The Hall–Kier alpha value is -0.0500. The molecule has 0 saturated heterocycles. The van der Waals surface area contributed by atoms with Gasteiger partial charge in [-0.1, -0.05) is 25.4 Å². The first kappa shape index (κ1) is 11.0. The van der Waals surface area contributed by atoms with Crippen LogP contribution in [0.25, 0.3) is 0 Å². The topological polar surface area (TPSA) is 26.0 Å². The Morgan fingerprint density at radius 2 is 2.08 bits per heavy atom. The molecule has 0 aliphatic rings. The van der Waals surface area contributed by atoms with E-state index < -0.39 is 0 Å². The van der Waals surface area contributed by atoms with Crippen molar-refractivity contribution in [1.29, 1.82) is 0 Å². The molecule has 3 heteroatoms. The van der Waals surface area contributed by atoms with Crippen LogP contribution in [0, 0.1) is 5.92 Å². The van der Waals surface area contributed by atoms with E-state index in [2.05, 4.69) is 13.8 Å². The zero-order valence-electron chi connectivity index (χ0n) is 8.09. The van der Waals surface area contributed by atoms with Gasteiger partial charge in [0.15, 0.2) is 0 Å². The molecule has 0 radical (unpaired) electrons. The summed E-state index contributed by atoms with van der Waals surface area (Å²) >= 11 is 7.42. The summed E-state index contributed by atoms with van der Waals surface area (Å²) in [6.07, 6.45) is 2.23. The van der Waals surface area contributed by atoms with Crippen molar-refractivity contribution in [2.75, 3.05) is 0 Å². The van der Waals surface area contributed by atoms with Crippen molar-refractivity contribution in [3.05, 3.63) is 21.3 Å². The van der Waals surface area contributed by atoms with Crippen LogP contribution in [0.1, 0.15) is 37.6 Å². The van der Waals surface area contributed by atoms with Gasteiger partial charge in [-0.15, -0.1) is 11.3 Å². The van der Waals surface area contributed by atoms with Crippen LogP contribution >= 0.6 is 22.9 Å². The third kappa shape index (κ3) is 3.67. The summed E-state index contributed by atoms with van der Waals surface area (Å²) < 4.78 is 0.829. The third-order valence-electron chi connectivity index (χ3n) is 2.01. The predicted octanol–water partition coefficient (Wildman–Crippen LogP) is 3.84. The second-order valence-electron chi connectivity index (χ2n) is 3.72. The van der Waals surface area contributed by atoms with Gasteiger partial charge >= 0.3 is 0 Å². The van der Waals surface area contributed by atoms with Gasteiger partial charge in [0.2, 0.25) is 0 Å². The molecule has 1 atom stereocenters. The molecule has 1 unspecified atom stereocenters. The quantitative estimate of drug-likeness (QED) is 0.815. The molecule has 0 saturated carbocycles. The van der Waals surface area contributed by atoms with Gasteiger partial charge in [0.25, 0.3) is 0 Å². The lowest BCUT2D eigenvalue weighted by atomic mass is 10.0. The van der Waals surface area contributed by atoms with Crippen molar-refractivity contribution in [1.82, 2.24) is 0 Å². The number of thiophene rings is 1. The Balaban J connectivity index is 2.44. The molecule has 0 spiro atoms. The van der Waals surface area contributed by atoms with Crippen molar-refractivity contribution < 1.29 is 0 Å². The Kier molecular flexibility index (Phi) is 4.23. The van der Waals surface area contributed by atoms with Gasteiger partial charge in [-0.05, 0) is 30.9 Å². The fourth-order valence-corrected chi connectivity index (χ4v) is 2.28. The van der Waals surface area contributed by atoms with Gasteiger partial charge < -0.3 is 5.73 Å². The number of rotatable bonds is 4. The molecular formula is C10H16ClNS. The maximum Gasteiger partial charge on any atom is 0.0931 e. The average Bonchev–Trinajstić information content (AvgIpc) is 2.47. The van der Waals surface area contributed by atoms with Gasteiger partial charge in [-0.2, -0.15) is 0 Å². The fourth-order valence-electron chi connectivity index (χ4n) is 1.18. The second kappa shape index (κ2) is 4.99. The molecule has 1 aromatic rings. The zero-order valence-corrected chi connectivity index (χ0v) is 9.66. The molecule has 1 heterocycles. The van der Waals surface area contributed by atoms with Crippen LogP contribution in [0.15, 0.2) is 12.1 Å². The minimum Gasteiger partial charge on any atom is -0.323 e. The highest BCUT2D eigenvalue weighted by Crippen LogP contribution is 2.28. The Morgan fingerprint density at radius 1 is 1.38 bits per heavy atom. The summed E-state index contributed by atoms with van der Waals surface area (Å²) in [4.78, 5) is 1.20. The average molecular weight is 218 g/mol. The molecule has 0 aliphatic carbocycles. The van der Waals surface area contributed by atoms with Crippen LogP contribution in [0.3, 0.4) is 0 Å². The number of halogens is 1. The van der Waals surface area contributed by atoms with E-state index >= 15 is 0 Å². The molecule has 0 bridgehead atoms. The van der Waals surface area contributed by atoms with Crippen molar-refractivity contribution in [3.8, 4) is 0 Å². The maximum absolute atomic E-state index is 6.01. The Bertz CT molecular complexity index is 257. The Morgan fingerprint density at radius 3 is 2.54 bits per heavy atom. The molecule has 1 nitrogen and oxygen atoms in total. The van der Waals surface area contributed by atoms with E-state index in [1.54, 1.807) is 11.3 Å². The lowest BCUT2D eigenvalue weighted by Gasteiger charge is -2.10. The molecule has 2 N–H and O–H groups in total. The summed E-state index contributed by atoms with van der Waals surface area (Å²) in [5.41, 5.74) is 6.01. The van der Waals surface area contributed by atoms with Crippen LogP contribution in [-0.4, -0.2) is 0 Å². The van der Waals surface area contributed by atoms with E-state index in [0.29, 0.717) is 0 Å². The molecule has 1 aromatic heterocycles. The normalized spacial score (nSPS) is 13.6. The first-order chi connectivity index (χ1) is 6.09. The van der Waals surface area contributed by atoms with E-state index in [1.807, 2.05) is 12.1 Å². The SMILES string of the molecule is CC(C)CCC(N)c1ccc(Cl)s1. The standard InChI is InChI=1S/C10H16ClNS/c1-7(2)3-4-8(12)9-5-6-10(11)13-9/h5-8H,3-4,12H2,1-2H3. The minimum absolute atomic E-state index is 0.167. The van der Waals surface area contributed by atoms with E-state index in [-0.39, 0.29) is 6.04 Å². The van der Waals surface area contributed by atoms with Crippen LogP contribution in [0.2, 0.25) is 4.34 Å². The van der Waals surface area contributed by atoms with E-state index in [9.17, 15) is 0 Å². The van der Waals surface area contributed by atoms with Gasteiger partial charge in [-0.3, -0.25) is 0 Å². The highest BCUT2D eigenvalue weighted by atomic mass is 35.5. The molecular weight excluding hydrogens is 202 g/mol. The summed E-state index contributed by atoms with van der Waals surface area (Å²) in [7, 11) is 0. The number of hydrogen-bond donors (Lipinski definition) is 1. The molecule has 0 fully saturated rings. The molecule has 0 aliphatic heterocycles. The minimum atomic E-state index is 0.167. The smallest absolute Gasteiger partial charge is 0.0931 e. The van der Waals surface area contributed by atoms with Gasteiger partial charge in [0, 0.05) is 10.9 Å². The maximum atomic E-state index is 6.01. The molecule has 1 rings (SSSR count). The first-order valence-electron chi connectivity index (χ1n) is 4.60. The van der Waals surface area contributed by atoms with Crippen LogP contribution in [0.4, 0.5) is 0 Å². The van der Waals surface area contributed by atoms with Gasteiger partial charge in [-0.25, -0.2) is 0 Å². The molecule has 0 aromatic carbocycles. The van der Waals surface area contributed by atoms with Crippen molar-refractivity contribution >= 4 is 22.9 Å². The fraction of sp³-hybridized carbons (Fsp3) is 0.600. The lowest BCUT2D eigenvalue weighted by molar-refractivity contribution is 0.510. The van der Waals surface area contributed by atoms with Crippen molar-refractivity contribution in [2.24, 2.45) is 11.7 Å². The van der Waals surface area contributed by atoms with Crippen LogP contribution < -0.4 is 5.73 Å². The predicted molar refractivity (Wildman–Crippen MR) is 60.3 cm³/mol. The first-order valence-corrected chi connectivity index (χ1v) is 5.80. The number of nitrogens with two attached hydrogens (primary N) is 1. The Labute approximate surface area is 88.9 Å².